The maximum atomic E-state index is 9.36. The van der Waals surface area contributed by atoms with Gasteiger partial charge < -0.3 is 0 Å². The predicted molar refractivity (Wildman–Crippen MR) is 85.3 cm³/mol. The van der Waals surface area contributed by atoms with Gasteiger partial charge in [0, 0.05) is 28.4 Å². The molecule has 0 aliphatic carbocycles. The average Bonchev–Trinajstić information content (AvgIpc) is 3.12. The van der Waals surface area contributed by atoms with Gasteiger partial charge in [-0.3, -0.25) is 4.57 Å². The van der Waals surface area contributed by atoms with Gasteiger partial charge in [0.1, 0.15) is 11.8 Å². The fraction of sp³-hybridized carbons (Fsp3) is 0.143. The van der Waals surface area contributed by atoms with Crippen LogP contribution in [0, 0.1) is 11.3 Å². The molecule has 0 bridgehead atoms. The Labute approximate surface area is 130 Å². The molecule has 0 unspecified atom stereocenters. The first-order valence-corrected chi connectivity index (χ1v) is 8.20. The second-order valence-electron chi connectivity index (χ2n) is 4.16. The van der Waals surface area contributed by atoms with E-state index >= 15 is 0 Å². The van der Waals surface area contributed by atoms with Crippen LogP contribution in [0.4, 0.5) is 0 Å². The third-order valence-electron chi connectivity index (χ3n) is 2.93. The van der Waals surface area contributed by atoms with Crippen LogP contribution >= 0.6 is 35.1 Å². The number of hydrogen-bond donors (Lipinski definition) is 0. The minimum Gasteiger partial charge on any atom is -0.296 e. The van der Waals surface area contributed by atoms with Gasteiger partial charge in [-0.1, -0.05) is 29.8 Å². The lowest BCUT2D eigenvalue weighted by Crippen LogP contribution is -1.93. The summed E-state index contributed by atoms with van der Waals surface area (Å²) < 4.78 is 2.78. The molecule has 1 aromatic heterocycles. The highest BCUT2D eigenvalue weighted by atomic mass is 35.5. The third-order valence-corrected chi connectivity index (χ3v) is 6.19. The number of benzene rings is 1. The average molecular weight is 320 g/mol. The van der Waals surface area contributed by atoms with Gasteiger partial charge in [0.15, 0.2) is 0 Å². The Morgan fingerprint density at radius 2 is 2.30 bits per heavy atom. The maximum Gasteiger partial charge on any atom is 0.145 e. The molecule has 0 amide bonds. The number of hydrogen-bond acceptors (Lipinski definition) is 4. The molecule has 20 heavy (non-hydrogen) atoms. The van der Waals surface area contributed by atoms with E-state index in [9.17, 15) is 5.26 Å². The molecule has 0 radical (unpaired) electrons. The standard InChI is InChI=1S/C14H10ClN3S2/c15-11-4-2-1-3-10(11)13-8-19-14(20-13)12(7-16)18-6-5-17-9-18/h1-6,9,13H,8H2/b14-12-/t13-/m1/s1. The molecule has 1 atom stereocenters. The molecular formula is C14H10ClN3S2. The van der Waals surface area contributed by atoms with Crippen LogP contribution in [0.25, 0.3) is 5.70 Å². The summed E-state index contributed by atoms with van der Waals surface area (Å²) in [6, 6.07) is 10.1. The van der Waals surface area contributed by atoms with Crippen LogP contribution in [-0.2, 0) is 0 Å². The number of allylic oxidation sites excluding steroid dienone is 1. The Morgan fingerprint density at radius 3 is 3.00 bits per heavy atom. The SMILES string of the molecule is N#C/C(=C1\SC[C@H](c2ccccc2Cl)S1)n1ccnc1. The molecule has 0 N–H and O–H groups in total. The van der Waals surface area contributed by atoms with E-state index in [2.05, 4.69) is 11.1 Å². The fourth-order valence-electron chi connectivity index (χ4n) is 1.96. The van der Waals surface area contributed by atoms with Crippen molar-refractivity contribution in [2.45, 2.75) is 5.25 Å². The summed E-state index contributed by atoms with van der Waals surface area (Å²) in [6.07, 6.45) is 5.11. The van der Waals surface area contributed by atoms with E-state index in [1.807, 2.05) is 24.3 Å². The van der Waals surface area contributed by atoms with Crippen molar-refractivity contribution in [1.29, 1.82) is 5.26 Å². The second kappa shape index (κ2) is 5.96. The van der Waals surface area contributed by atoms with E-state index in [1.165, 1.54) is 0 Å². The van der Waals surface area contributed by atoms with Gasteiger partial charge in [0.2, 0.25) is 0 Å². The number of rotatable bonds is 2. The quantitative estimate of drug-likeness (QED) is 0.769. The highest BCUT2D eigenvalue weighted by Crippen LogP contribution is 2.53. The molecule has 0 saturated carbocycles. The number of halogens is 1. The van der Waals surface area contributed by atoms with Crippen molar-refractivity contribution in [1.82, 2.24) is 9.55 Å². The molecule has 2 heterocycles. The largest absolute Gasteiger partial charge is 0.296 e. The van der Waals surface area contributed by atoms with Gasteiger partial charge in [0.25, 0.3) is 0 Å². The monoisotopic (exact) mass is 319 g/mol. The van der Waals surface area contributed by atoms with Crippen molar-refractivity contribution < 1.29 is 0 Å². The minimum absolute atomic E-state index is 0.288. The summed E-state index contributed by atoms with van der Waals surface area (Å²) in [5.74, 6) is 0.920. The minimum atomic E-state index is 0.288. The molecule has 3 rings (SSSR count). The lowest BCUT2D eigenvalue weighted by atomic mass is 10.2. The molecule has 1 aliphatic rings. The number of nitriles is 1. The lowest BCUT2D eigenvalue weighted by Gasteiger charge is -2.09. The van der Waals surface area contributed by atoms with Crippen molar-refractivity contribution in [3.05, 3.63) is 57.8 Å². The highest BCUT2D eigenvalue weighted by molar-refractivity contribution is 8.25. The van der Waals surface area contributed by atoms with Crippen LogP contribution in [0.1, 0.15) is 10.8 Å². The zero-order valence-corrected chi connectivity index (χ0v) is 12.8. The summed E-state index contributed by atoms with van der Waals surface area (Å²) in [5, 5.41) is 10.4. The third kappa shape index (κ3) is 2.59. The van der Waals surface area contributed by atoms with Crippen molar-refractivity contribution in [3.8, 4) is 6.07 Å². The Hall–Kier alpha value is -1.35. The number of nitrogens with zero attached hydrogens (tertiary/aromatic N) is 3. The zero-order chi connectivity index (χ0) is 13.9. The molecule has 0 spiro atoms. The van der Waals surface area contributed by atoms with Crippen molar-refractivity contribution in [2.75, 3.05) is 5.75 Å². The van der Waals surface area contributed by atoms with Crippen LogP contribution in [-0.4, -0.2) is 15.3 Å². The van der Waals surface area contributed by atoms with E-state index in [0.29, 0.717) is 5.70 Å². The van der Waals surface area contributed by atoms with Crippen LogP contribution < -0.4 is 0 Å². The van der Waals surface area contributed by atoms with Gasteiger partial charge >= 0.3 is 0 Å². The number of aromatic nitrogens is 2. The molecule has 1 saturated heterocycles. The zero-order valence-electron chi connectivity index (χ0n) is 10.4. The van der Waals surface area contributed by atoms with Gasteiger partial charge in [0.05, 0.1) is 10.6 Å². The Morgan fingerprint density at radius 1 is 1.45 bits per heavy atom. The van der Waals surface area contributed by atoms with E-state index in [4.69, 9.17) is 11.6 Å². The van der Waals surface area contributed by atoms with E-state index < -0.39 is 0 Å². The second-order valence-corrected chi connectivity index (χ2v) is 7.07. The smallest absolute Gasteiger partial charge is 0.145 e. The molecular weight excluding hydrogens is 310 g/mol. The first-order chi connectivity index (χ1) is 9.79. The van der Waals surface area contributed by atoms with E-state index in [0.717, 1.165) is 20.6 Å². The van der Waals surface area contributed by atoms with Crippen molar-refractivity contribution >= 4 is 40.8 Å². The molecule has 1 aromatic carbocycles. The fourth-order valence-corrected chi connectivity index (χ4v) is 5.22. The summed E-state index contributed by atoms with van der Waals surface area (Å²) in [6.45, 7) is 0. The van der Waals surface area contributed by atoms with E-state index in [1.54, 1.807) is 46.8 Å². The molecule has 2 aromatic rings. The lowest BCUT2D eigenvalue weighted by molar-refractivity contribution is 1.10. The van der Waals surface area contributed by atoms with Crippen molar-refractivity contribution in [3.63, 3.8) is 0 Å². The van der Waals surface area contributed by atoms with Crippen LogP contribution in [0.15, 0.2) is 47.2 Å². The van der Waals surface area contributed by atoms with Crippen LogP contribution in [0.3, 0.4) is 0 Å². The first-order valence-electron chi connectivity index (χ1n) is 5.96. The predicted octanol–water partition coefficient (Wildman–Crippen LogP) is 4.41. The Bertz CT molecular complexity index is 689. The van der Waals surface area contributed by atoms with Crippen molar-refractivity contribution in [2.24, 2.45) is 0 Å². The summed E-state index contributed by atoms with van der Waals surface area (Å²) in [4.78, 5) is 3.99. The van der Waals surface area contributed by atoms with Crippen LogP contribution in [0.5, 0.6) is 0 Å². The number of imidazole rings is 1. The molecule has 6 heteroatoms. The summed E-state index contributed by atoms with van der Waals surface area (Å²) in [5.41, 5.74) is 1.76. The molecule has 3 nitrogen and oxygen atoms in total. The molecule has 100 valence electrons. The van der Waals surface area contributed by atoms with Gasteiger partial charge in [-0.05, 0) is 11.6 Å². The van der Waals surface area contributed by atoms with Gasteiger partial charge in [-0.25, -0.2) is 4.98 Å². The molecule has 1 fully saturated rings. The Kier molecular flexibility index (Phi) is 4.06. The Balaban J connectivity index is 1.90. The van der Waals surface area contributed by atoms with Gasteiger partial charge in [-0.2, -0.15) is 5.26 Å². The normalized spacial score (nSPS) is 20.7. The van der Waals surface area contributed by atoms with E-state index in [-0.39, 0.29) is 5.25 Å². The molecule has 1 aliphatic heterocycles. The topological polar surface area (TPSA) is 41.6 Å². The first kappa shape index (κ1) is 13.6. The summed E-state index contributed by atoms with van der Waals surface area (Å²) in [7, 11) is 0. The summed E-state index contributed by atoms with van der Waals surface area (Å²) >= 11 is 9.64. The highest BCUT2D eigenvalue weighted by Gasteiger charge is 2.27. The number of thioether (sulfide) groups is 2. The van der Waals surface area contributed by atoms with Crippen LogP contribution in [0.2, 0.25) is 5.02 Å². The maximum absolute atomic E-state index is 9.36. The van der Waals surface area contributed by atoms with Gasteiger partial charge in [-0.15, -0.1) is 23.5 Å².